The number of nitrogens with zero attached hydrogens (tertiary/aromatic N) is 1. The smallest absolute Gasteiger partial charge is 0.389 e. The Hall–Kier alpha value is -2.01. The van der Waals surface area contributed by atoms with Gasteiger partial charge in [0.2, 0.25) is 10.0 Å². The van der Waals surface area contributed by atoms with Crippen LogP contribution in [0.4, 0.5) is 13.2 Å². The zero-order chi connectivity index (χ0) is 22.9. The molecule has 30 heavy (non-hydrogen) atoms. The number of fused-ring (bicyclic) bond motifs is 1. The lowest BCUT2D eigenvalue weighted by molar-refractivity contribution is -0.165. The molecule has 0 amide bonds. The van der Waals surface area contributed by atoms with Gasteiger partial charge >= 0.3 is 12.1 Å². The Morgan fingerprint density at radius 3 is 2.47 bits per heavy atom. The first-order valence-corrected chi connectivity index (χ1v) is 11.1. The van der Waals surface area contributed by atoms with Crippen molar-refractivity contribution in [3.05, 3.63) is 23.8 Å². The van der Waals surface area contributed by atoms with E-state index in [1.807, 2.05) is 0 Å². The van der Waals surface area contributed by atoms with Crippen molar-refractivity contribution in [3.8, 4) is 11.5 Å². The third-order valence-electron chi connectivity index (χ3n) is 4.73. The van der Waals surface area contributed by atoms with Crippen LogP contribution < -0.4 is 9.47 Å². The first kappa shape index (κ1) is 24.3. The highest BCUT2D eigenvalue weighted by Crippen LogP contribution is 2.46. The third-order valence-corrected chi connectivity index (χ3v) is 6.00. The quantitative estimate of drug-likeness (QED) is 0.465. The highest BCUT2D eigenvalue weighted by atomic mass is 32.2. The van der Waals surface area contributed by atoms with Gasteiger partial charge in [-0.3, -0.25) is 4.79 Å². The van der Waals surface area contributed by atoms with Crippen LogP contribution in [-0.2, 0) is 19.6 Å². The van der Waals surface area contributed by atoms with E-state index in [1.54, 1.807) is 19.9 Å². The summed E-state index contributed by atoms with van der Waals surface area (Å²) in [6, 6.07) is 3.68. The molecule has 2 rings (SSSR count). The van der Waals surface area contributed by atoms with Gasteiger partial charge in [-0.25, -0.2) is 8.42 Å². The molecule has 0 aromatic heterocycles. The maximum atomic E-state index is 12.3. The molecular weight excluding hydrogens is 427 g/mol. The molecule has 0 saturated heterocycles. The van der Waals surface area contributed by atoms with Crippen molar-refractivity contribution >= 4 is 16.0 Å². The molecule has 0 radical (unpaired) electrons. The van der Waals surface area contributed by atoms with E-state index in [9.17, 15) is 26.4 Å². The molecule has 0 aliphatic carbocycles. The number of esters is 1. The molecule has 2 unspecified atom stereocenters. The number of likely N-dealkylation sites (N-methyl/N-ethyl adjacent to an activating group) is 1. The molecule has 1 aliphatic heterocycles. The van der Waals surface area contributed by atoms with Crippen molar-refractivity contribution in [2.75, 3.05) is 19.9 Å². The van der Waals surface area contributed by atoms with E-state index in [1.165, 1.54) is 26.1 Å². The highest BCUT2D eigenvalue weighted by molar-refractivity contribution is 7.88. The number of carbonyl (C=O) groups is 1. The number of rotatable bonds is 7. The van der Waals surface area contributed by atoms with E-state index in [-0.39, 0.29) is 18.8 Å². The Labute approximate surface area is 174 Å². The predicted octanol–water partition coefficient (Wildman–Crippen LogP) is 3.44. The largest absolute Gasteiger partial charge is 0.494 e. The maximum Gasteiger partial charge on any atom is 0.389 e. The van der Waals surface area contributed by atoms with Crippen LogP contribution in [0.1, 0.15) is 45.2 Å². The summed E-state index contributed by atoms with van der Waals surface area (Å²) >= 11 is 0. The first-order chi connectivity index (χ1) is 13.6. The minimum Gasteiger partial charge on any atom is -0.494 e. The summed E-state index contributed by atoms with van der Waals surface area (Å²) in [7, 11) is -2.33. The fourth-order valence-electron chi connectivity index (χ4n) is 3.27. The van der Waals surface area contributed by atoms with Crippen molar-refractivity contribution in [1.29, 1.82) is 0 Å². The average Bonchev–Trinajstić information content (AvgIpc) is 2.57. The van der Waals surface area contributed by atoms with E-state index in [4.69, 9.17) is 14.2 Å². The van der Waals surface area contributed by atoms with Crippen LogP contribution in [0, 0.1) is 0 Å². The van der Waals surface area contributed by atoms with Crippen molar-refractivity contribution < 1.29 is 40.6 Å². The predicted molar refractivity (Wildman–Crippen MR) is 103 cm³/mol. The number of hydrogen-bond donors (Lipinski definition) is 0. The van der Waals surface area contributed by atoms with E-state index >= 15 is 0 Å². The number of benzene rings is 1. The Morgan fingerprint density at radius 1 is 1.30 bits per heavy atom. The molecule has 2 atom stereocenters. The van der Waals surface area contributed by atoms with Crippen molar-refractivity contribution in [2.45, 2.75) is 57.5 Å². The topological polar surface area (TPSA) is 82.1 Å². The van der Waals surface area contributed by atoms with Crippen LogP contribution in [0.3, 0.4) is 0 Å². The molecule has 7 nitrogen and oxygen atoms in total. The summed E-state index contributed by atoms with van der Waals surface area (Å²) in [6.45, 7) is 4.40. The van der Waals surface area contributed by atoms with Crippen molar-refractivity contribution in [2.24, 2.45) is 0 Å². The first-order valence-electron chi connectivity index (χ1n) is 9.24. The second kappa shape index (κ2) is 8.62. The van der Waals surface area contributed by atoms with Gasteiger partial charge in [-0.1, -0.05) is 0 Å². The monoisotopic (exact) mass is 453 g/mol. The maximum absolute atomic E-state index is 12.3. The molecule has 0 bridgehead atoms. The summed E-state index contributed by atoms with van der Waals surface area (Å²) in [5, 5.41) is 0. The lowest BCUT2D eigenvalue weighted by Crippen LogP contribution is -2.55. The summed E-state index contributed by atoms with van der Waals surface area (Å²) < 4.78 is 79.3. The summed E-state index contributed by atoms with van der Waals surface area (Å²) in [5.41, 5.74) is -0.654. The van der Waals surface area contributed by atoms with Gasteiger partial charge in [0.1, 0.15) is 17.1 Å². The van der Waals surface area contributed by atoms with Gasteiger partial charge in [-0.2, -0.15) is 17.5 Å². The Bertz CT molecular complexity index is 885. The number of ether oxygens (including phenoxy) is 3. The lowest BCUT2D eigenvalue weighted by atomic mass is 9.86. The Balaban J connectivity index is 2.40. The minimum atomic E-state index is -4.26. The van der Waals surface area contributed by atoms with E-state index in [0.29, 0.717) is 11.3 Å². The minimum absolute atomic E-state index is 0.162. The summed E-state index contributed by atoms with van der Waals surface area (Å²) in [5.74, 6) is 0.0193. The summed E-state index contributed by atoms with van der Waals surface area (Å²) in [4.78, 5) is 11.7. The van der Waals surface area contributed by atoms with Crippen LogP contribution >= 0.6 is 0 Å². The van der Waals surface area contributed by atoms with Gasteiger partial charge in [0.25, 0.3) is 0 Å². The fourth-order valence-corrected chi connectivity index (χ4v) is 3.90. The second-order valence-corrected chi connectivity index (χ2v) is 9.77. The molecule has 170 valence electrons. The molecule has 11 heteroatoms. The van der Waals surface area contributed by atoms with E-state index in [0.717, 1.165) is 10.6 Å². The van der Waals surface area contributed by atoms with Crippen LogP contribution in [0.25, 0.3) is 0 Å². The molecule has 0 N–H and O–H groups in total. The average molecular weight is 453 g/mol. The van der Waals surface area contributed by atoms with Crippen LogP contribution in [0.5, 0.6) is 11.5 Å². The standard InChI is InChI=1S/C19H26F3NO6S/c1-12(24)28-17-16(23(4)30(5,25)26)14-11-13(27-10-6-9-19(20,21)22)7-8-15(14)29-18(17,2)3/h7-8,11,16-17H,6,9-10H2,1-5H3. The Kier molecular flexibility index (Phi) is 6.97. The number of carbonyl (C=O) groups excluding carboxylic acids is 1. The zero-order valence-electron chi connectivity index (χ0n) is 17.4. The van der Waals surface area contributed by atoms with Gasteiger partial charge in [0, 0.05) is 26.0 Å². The van der Waals surface area contributed by atoms with Crippen molar-refractivity contribution in [3.63, 3.8) is 0 Å². The number of sulfonamides is 1. The SMILES string of the molecule is CC(=O)OC1C(N(C)S(C)(=O)=O)c2cc(OCCCC(F)(F)F)ccc2OC1(C)C. The van der Waals surface area contributed by atoms with Gasteiger partial charge in [-0.05, 0) is 38.5 Å². The van der Waals surface area contributed by atoms with Crippen LogP contribution in [0.2, 0.25) is 0 Å². The molecule has 0 fully saturated rings. The van der Waals surface area contributed by atoms with Gasteiger partial charge < -0.3 is 14.2 Å². The number of hydrogen-bond acceptors (Lipinski definition) is 6. The molecule has 0 spiro atoms. The fraction of sp³-hybridized carbons (Fsp3) is 0.632. The molecule has 1 aliphatic rings. The third kappa shape index (κ3) is 6.00. The van der Waals surface area contributed by atoms with Crippen LogP contribution in [0.15, 0.2) is 18.2 Å². The van der Waals surface area contributed by atoms with Crippen molar-refractivity contribution in [1.82, 2.24) is 4.31 Å². The van der Waals surface area contributed by atoms with Gasteiger partial charge in [-0.15, -0.1) is 0 Å². The molecular formula is C19H26F3NO6S. The number of alkyl halides is 3. The summed E-state index contributed by atoms with van der Waals surface area (Å²) in [6.07, 6.45) is -5.39. The second-order valence-electron chi connectivity index (χ2n) is 7.73. The van der Waals surface area contributed by atoms with Gasteiger partial charge in [0.15, 0.2) is 6.10 Å². The normalized spacial score (nSPS) is 21.0. The zero-order valence-corrected chi connectivity index (χ0v) is 18.3. The molecule has 1 aromatic rings. The molecule has 1 heterocycles. The van der Waals surface area contributed by atoms with E-state index in [2.05, 4.69) is 0 Å². The molecule has 0 saturated carbocycles. The van der Waals surface area contributed by atoms with E-state index < -0.39 is 46.3 Å². The highest BCUT2D eigenvalue weighted by Gasteiger charge is 2.49. The van der Waals surface area contributed by atoms with Crippen LogP contribution in [-0.4, -0.2) is 56.5 Å². The lowest BCUT2D eigenvalue weighted by Gasteiger charge is -2.46. The number of halogens is 3. The Morgan fingerprint density at radius 2 is 1.93 bits per heavy atom. The molecule has 1 aromatic carbocycles. The van der Waals surface area contributed by atoms with Gasteiger partial charge in [0.05, 0.1) is 18.9 Å².